The number of ether oxygens (including phenoxy) is 1. The number of fused-ring (bicyclic) bond motifs is 1. The summed E-state index contributed by atoms with van der Waals surface area (Å²) in [5.74, 6) is -0.556. The molecule has 0 N–H and O–H groups in total. The van der Waals surface area contributed by atoms with Gasteiger partial charge in [-0.05, 0) is 31.2 Å². The second-order valence-corrected chi connectivity index (χ2v) is 8.43. The van der Waals surface area contributed by atoms with Crippen molar-refractivity contribution < 1.29 is 27.1 Å². The number of thiazole rings is 1. The fourth-order valence-electron chi connectivity index (χ4n) is 3.69. The molecule has 1 saturated heterocycles. The highest BCUT2D eigenvalue weighted by molar-refractivity contribution is 7.16. The number of aromatic nitrogens is 4. The Kier molecular flexibility index (Phi) is 5.01. The van der Waals surface area contributed by atoms with Gasteiger partial charge in [-0.3, -0.25) is 4.57 Å². The molecule has 13 heteroatoms. The molecule has 0 unspecified atom stereocenters. The van der Waals surface area contributed by atoms with Gasteiger partial charge in [-0.15, -0.1) is 11.3 Å². The van der Waals surface area contributed by atoms with Crippen molar-refractivity contribution in [2.75, 3.05) is 11.5 Å². The standard InChI is InChI=1S/C20H12ClF4N5O2S/c1-9-6-26-17(29(9)10-2-3-13(22)12(21)4-10)14-7-32-19(31)30(14)15-5-11(20(23,24)25)16-18(28-15)33-8-27-16/h2-6,8,14H,7H2,1H3/t14-/m0/s1. The maximum absolute atomic E-state index is 13.7. The van der Waals surface area contributed by atoms with E-state index in [4.69, 9.17) is 16.3 Å². The number of imidazole rings is 1. The molecule has 0 radical (unpaired) electrons. The third kappa shape index (κ3) is 3.59. The van der Waals surface area contributed by atoms with E-state index in [1.807, 2.05) is 0 Å². The van der Waals surface area contributed by atoms with E-state index < -0.39 is 29.7 Å². The second-order valence-electron chi connectivity index (χ2n) is 7.19. The van der Waals surface area contributed by atoms with Gasteiger partial charge in [0.15, 0.2) is 0 Å². The van der Waals surface area contributed by atoms with E-state index in [0.717, 1.165) is 22.3 Å². The predicted molar refractivity (Wildman–Crippen MR) is 112 cm³/mol. The highest BCUT2D eigenvalue weighted by atomic mass is 35.5. The minimum absolute atomic E-state index is 0.0307. The topological polar surface area (TPSA) is 73.1 Å². The number of carbonyl (C=O) groups is 1. The lowest BCUT2D eigenvalue weighted by atomic mass is 10.2. The quantitative estimate of drug-likeness (QED) is 0.340. The molecule has 1 aliphatic rings. The maximum Gasteiger partial charge on any atom is 0.418 e. The number of alkyl halides is 3. The summed E-state index contributed by atoms with van der Waals surface area (Å²) in [6.45, 7) is 1.56. The lowest BCUT2D eigenvalue weighted by molar-refractivity contribution is -0.136. The normalized spacial score (nSPS) is 16.6. The Morgan fingerprint density at radius 2 is 2.03 bits per heavy atom. The van der Waals surface area contributed by atoms with Gasteiger partial charge in [0.1, 0.15) is 40.5 Å². The van der Waals surface area contributed by atoms with Gasteiger partial charge in [-0.25, -0.2) is 29.0 Å². The summed E-state index contributed by atoms with van der Waals surface area (Å²) in [5, 5.41) is -0.116. The number of anilines is 1. The largest absolute Gasteiger partial charge is 0.446 e. The summed E-state index contributed by atoms with van der Waals surface area (Å²) >= 11 is 6.85. The molecule has 1 fully saturated rings. The van der Waals surface area contributed by atoms with Crippen molar-refractivity contribution in [2.45, 2.75) is 19.1 Å². The van der Waals surface area contributed by atoms with Crippen LogP contribution < -0.4 is 4.90 Å². The molecule has 0 saturated carbocycles. The van der Waals surface area contributed by atoms with Crippen LogP contribution in [0.1, 0.15) is 23.1 Å². The van der Waals surface area contributed by atoms with Crippen molar-refractivity contribution in [1.82, 2.24) is 19.5 Å². The maximum atomic E-state index is 13.7. The first-order valence-electron chi connectivity index (χ1n) is 9.42. The highest BCUT2D eigenvalue weighted by Crippen LogP contribution is 2.40. The van der Waals surface area contributed by atoms with Gasteiger partial charge in [0.05, 0.1) is 16.1 Å². The van der Waals surface area contributed by atoms with Crippen LogP contribution in [0.15, 0.2) is 36.0 Å². The zero-order valence-electron chi connectivity index (χ0n) is 16.6. The third-order valence-electron chi connectivity index (χ3n) is 5.14. The van der Waals surface area contributed by atoms with Crippen molar-refractivity contribution in [3.63, 3.8) is 0 Å². The molecule has 4 heterocycles. The molecule has 4 aromatic rings. The molecule has 7 nitrogen and oxygen atoms in total. The number of hydrogen-bond acceptors (Lipinski definition) is 6. The van der Waals surface area contributed by atoms with E-state index in [0.29, 0.717) is 17.2 Å². The summed E-state index contributed by atoms with van der Waals surface area (Å²) in [5.41, 5.74) is 1.05. The molecule has 3 aromatic heterocycles. The molecule has 1 atom stereocenters. The minimum Gasteiger partial charge on any atom is -0.446 e. The number of rotatable bonds is 3. The lowest BCUT2D eigenvalue weighted by Gasteiger charge is -2.22. The molecule has 170 valence electrons. The zero-order valence-corrected chi connectivity index (χ0v) is 18.2. The average molecular weight is 498 g/mol. The first kappa shape index (κ1) is 21.6. The number of hydrogen-bond donors (Lipinski definition) is 0. The van der Waals surface area contributed by atoms with Crippen LogP contribution in [0.25, 0.3) is 16.0 Å². The Labute approximate surface area is 192 Å². The van der Waals surface area contributed by atoms with Crippen molar-refractivity contribution in [1.29, 1.82) is 0 Å². The fourth-order valence-corrected chi connectivity index (χ4v) is 4.55. The third-order valence-corrected chi connectivity index (χ3v) is 6.15. The van der Waals surface area contributed by atoms with Gasteiger partial charge in [0, 0.05) is 17.6 Å². The van der Waals surface area contributed by atoms with E-state index in [1.165, 1.54) is 29.9 Å². The smallest absolute Gasteiger partial charge is 0.418 e. The van der Waals surface area contributed by atoms with Crippen LogP contribution >= 0.6 is 22.9 Å². The molecule has 0 spiro atoms. The van der Waals surface area contributed by atoms with Crippen molar-refractivity contribution >= 4 is 45.2 Å². The van der Waals surface area contributed by atoms with Gasteiger partial charge >= 0.3 is 12.3 Å². The average Bonchev–Trinajstić information content (AvgIpc) is 3.46. The van der Waals surface area contributed by atoms with Crippen LogP contribution in [0.4, 0.5) is 28.2 Å². The van der Waals surface area contributed by atoms with Crippen molar-refractivity contribution in [3.8, 4) is 5.69 Å². The van der Waals surface area contributed by atoms with E-state index in [9.17, 15) is 22.4 Å². The van der Waals surface area contributed by atoms with E-state index in [1.54, 1.807) is 11.5 Å². The monoisotopic (exact) mass is 497 g/mol. The molecule has 1 amide bonds. The van der Waals surface area contributed by atoms with Crippen LogP contribution in [0.5, 0.6) is 0 Å². The second kappa shape index (κ2) is 7.66. The molecule has 5 rings (SSSR count). The fraction of sp³-hybridized carbons (Fsp3) is 0.200. The van der Waals surface area contributed by atoms with Gasteiger partial charge < -0.3 is 4.74 Å². The van der Waals surface area contributed by atoms with E-state index >= 15 is 0 Å². The van der Waals surface area contributed by atoms with E-state index in [2.05, 4.69) is 15.0 Å². The number of cyclic esters (lactones) is 1. The molecule has 1 aliphatic heterocycles. The number of carbonyl (C=O) groups excluding carboxylic acids is 1. The Morgan fingerprint density at radius 1 is 1.24 bits per heavy atom. The Balaban J connectivity index is 1.65. The van der Waals surface area contributed by atoms with Crippen LogP contribution in [0, 0.1) is 12.7 Å². The van der Waals surface area contributed by atoms with Gasteiger partial charge in [0.2, 0.25) is 0 Å². The minimum atomic E-state index is -4.71. The summed E-state index contributed by atoms with van der Waals surface area (Å²) in [6, 6.07) is 3.93. The molecule has 33 heavy (non-hydrogen) atoms. The van der Waals surface area contributed by atoms with Crippen molar-refractivity contribution in [2.24, 2.45) is 0 Å². The predicted octanol–water partition coefficient (Wildman–Crippen LogP) is 5.69. The zero-order chi connectivity index (χ0) is 23.5. The molecule has 1 aromatic carbocycles. The van der Waals surface area contributed by atoms with E-state index in [-0.39, 0.29) is 27.8 Å². The number of aryl methyl sites for hydroxylation is 1. The lowest BCUT2D eigenvalue weighted by Crippen LogP contribution is -2.30. The van der Waals surface area contributed by atoms with Gasteiger partial charge in [0.25, 0.3) is 0 Å². The van der Waals surface area contributed by atoms with Crippen molar-refractivity contribution in [3.05, 3.63) is 63.9 Å². The highest BCUT2D eigenvalue weighted by Gasteiger charge is 2.42. The number of pyridine rings is 1. The summed E-state index contributed by atoms with van der Waals surface area (Å²) in [6.07, 6.45) is -4.05. The molecule has 0 aliphatic carbocycles. The van der Waals surface area contributed by atoms with Crippen LogP contribution in [0.2, 0.25) is 5.02 Å². The number of nitrogens with zero attached hydrogens (tertiary/aromatic N) is 5. The Morgan fingerprint density at radius 3 is 2.76 bits per heavy atom. The number of benzene rings is 1. The summed E-state index contributed by atoms with van der Waals surface area (Å²) in [4.78, 5) is 26.0. The summed E-state index contributed by atoms with van der Waals surface area (Å²) < 4.78 is 61.5. The Hall–Kier alpha value is -3.25. The van der Waals surface area contributed by atoms with Gasteiger partial charge in [-0.2, -0.15) is 13.2 Å². The Bertz CT molecular complexity index is 1400. The number of amides is 1. The first-order chi connectivity index (χ1) is 15.6. The van der Waals surface area contributed by atoms with Crippen LogP contribution in [-0.2, 0) is 10.9 Å². The number of halogens is 5. The van der Waals surface area contributed by atoms with Crippen LogP contribution in [0.3, 0.4) is 0 Å². The SMILES string of the molecule is Cc1cnc([C@@H]2COC(=O)N2c2cc(C(F)(F)F)c3ncsc3n2)n1-c1ccc(F)c(Cl)c1. The molecular weight excluding hydrogens is 486 g/mol. The van der Waals surface area contributed by atoms with Gasteiger partial charge in [-0.1, -0.05) is 11.6 Å². The molecule has 0 bridgehead atoms. The first-order valence-corrected chi connectivity index (χ1v) is 10.7. The summed E-state index contributed by atoms with van der Waals surface area (Å²) in [7, 11) is 0. The molecular formula is C20H12ClF4N5O2S. The van der Waals surface area contributed by atoms with Crippen LogP contribution in [-0.4, -0.2) is 32.2 Å².